The largest absolute Gasteiger partial charge is 0.372 e. The van der Waals surface area contributed by atoms with Gasteiger partial charge >= 0.3 is 0 Å². The molecule has 2 aliphatic rings. The van der Waals surface area contributed by atoms with Gasteiger partial charge in [-0.2, -0.15) is 0 Å². The van der Waals surface area contributed by atoms with Crippen molar-refractivity contribution in [2.45, 2.75) is 57.1 Å². The van der Waals surface area contributed by atoms with Crippen LogP contribution in [0.2, 0.25) is 0 Å². The lowest BCUT2D eigenvalue weighted by Gasteiger charge is -2.39. The molecule has 1 unspecified atom stereocenters. The summed E-state index contributed by atoms with van der Waals surface area (Å²) in [6.45, 7) is 4.18. The zero-order chi connectivity index (χ0) is 9.15. The van der Waals surface area contributed by atoms with Gasteiger partial charge in [-0.1, -0.05) is 25.7 Å². The summed E-state index contributed by atoms with van der Waals surface area (Å²) in [5.41, 5.74) is 0.211. The molecule has 1 spiro atoms. The second kappa shape index (κ2) is 3.97. The van der Waals surface area contributed by atoms with Gasteiger partial charge in [0.15, 0.2) is 0 Å². The summed E-state index contributed by atoms with van der Waals surface area (Å²) >= 11 is 0. The topological polar surface area (TPSA) is 21.3 Å². The highest BCUT2D eigenvalue weighted by atomic mass is 16.5. The minimum atomic E-state index is 0.211. The first kappa shape index (κ1) is 9.47. The third-order valence-corrected chi connectivity index (χ3v) is 3.43. The lowest BCUT2D eigenvalue weighted by molar-refractivity contribution is -0.0890. The van der Waals surface area contributed by atoms with E-state index < -0.39 is 0 Å². The van der Waals surface area contributed by atoms with Crippen LogP contribution < -0.4 is 5.32 Å². The molecule has 2 fully saturated rings. The molecule has 1 saturated carbocycles. The normalized spacial score (nSPS) is 34.4. The molecule has 1 saturated heterocycles. The molecule has 0 radical (unpaired) electrons. The minimum Gasteiger partial charge on any atom is -0.372 e. The fourth-order valence-electron chi connectivity index (χ4n) is 2.47. The predicted molar refractivity (Wildman–Crippen MR) is 53.8 cm³/mol. The summed E-state index contributed by atoms with van der Waals surface area (Å²) in [6.07, 6.45) is 8.06. The summed E-state index contributed by atoms with van der Waals surface area (Å²) in [7, 11) is 0. The molecule has 1 aliphatic carbocycles. The van der Waals surface area contributed by atoms with Crippen molar-refractivity contribution >= 4 is 0 Å². The van der Waals surface area contributed by atoms with Gasteiger partial charge in [-0.25, -0.2) is 0 Å². The first-order chi connectivity index (χ1) is 6.31. The highest BCUT2D eigenvalue weighted by molar-refractivity contribution is 4.89. The van der Waals surface area contributed by atoms with Crippen LogP contribution in [0.3, 0.4) is 0 Å². The van der Waals surface area contributed by atoms with Gasteiger partial charge in [0.1, 0.15) is 0 Å². The Morgan fingerprint density at radius 3 is 2.38 bits per heavy atom. The maximum atomic E-state index is 6.04. The maximum Gasteiger partial charge on any atom is 0.0807 e. The molecule has 0 amide bonds. The maximum absolute atomic E-state index is 6.04. The first-order valence-corrected chi connectivity index (χ1v) is 5.68. The summed E-state index contributed by atoms with van der Waals surface area (Å²) in [4.78, 5) is 0. The van der Waals surface area contributed by atoms with E-state index in [0.29, 0.717) is 6.04 Å². The average molecular weight is 183 g/mol. The Hall–Kier alpha value is -0.0800. The zero-order valence-corrected chi connectivity index (χ0v) is 8.64. The third kappa shape index (κ3) is 2.23. The van der Waals surface area contributed by atoms with Crippen LogP contribution in [-0.4, -0.2) is 24.8 Å². The quantitative estimate of drug-likeness (QED) is 0.621. The average Bonchev–Trinajstić information content (AvgIpc) is 2.37. The fourth-order valence-corrected chi connectivity index (χ4v) is 2.47. The van der Waals surface area contributed by atoms with Crippen LogP contribution in [0.15, 0.2) is 0 Å². The van der Waals surface area contributed by atoms with Crippen molar-refractivity contribution in [3.05, 3.63) is 0 Å². The van der Waals surface area contributed by atoms with Crippen LogP contribution in [0.4, 0.5) is 0 Å². The second-order valence-electron chi connectivity index (χ2n) is 4.69. The number of nitrogens with one attached hydrogen (secondary N) is 1. The predicted octanol–water partition coefficient (Wildman–Crippen LogP) is 2.09. The van der Waals surface area contributed by atoms with Gasteiger partial charge in [0, 0.05) is 12.6 Å². The lowest BCUT2D eigenvalue weighted by atomic mass is 9.92. The van der Waals surface area contributed by atoms with Crippen molar-refractivity contribution in [1.82, 2.24) is 5.32 Å². The van der Waals surface area contributed by atoms with E-state index in [2.05, 4.69) is 12.2 Å². The van der Waals surface area contributed by atoms with Gasteiger partial charge in [-0.05, 0) is 19.8 Å². The molecule has 0 aromatic heterocycles. The molecule has 13 heavy (non-hydrogen) atoms. The first-order valence-electron chi connectivity index (χ1n) is 5.68. The number of rotatable bonds is 0. The van der Waals surface area contributed by atoms with Crippen LogP contribution >= 0.6 is 0 Å². The zero-order valence-electron chi connectivity index (χ0n) is 8.64. The van der Waals surface area contributed by atoms with Crippen molar-refractivity contribution in [2.24, 2.45) is 0 Å². The van der Waals surface area contributed by atoms with Crippen molar-refractivity contribution in [3.8, 4) is 0 Å². The Balaban J connectivity index is 1.93. The molecule has 0 aromatic carbocycles. The van der Waals surface area contributed by atoms with Crippen molar-refractivity contribution in [1.29, 1.82) is 0 Å². The Morgan fingerprint density at radius 1 is 1.15 bits per heavy atom. The molecule has 76 valence electrons. The van der Waals surface area contributed by atoms with Gasteiger partial charge in [0.25, 0.3) is 0 Å². The van der Waals surface area contributed by atoms with Crippen LogP contribution in [0.1, 0.15) is 45.4 Å². The third-order valence-electron chi connectivity index (χ3n) is 3.43. The van der Waals surface area contributed by atoms with Crippen molar-refractivity contribution in [2.75, 3.05) is 13.2 Å². The van der Waals surface area contributed by atoms with E-state index in [9.17, 15) is 0 Å². The Bertz CT molecular complexity index is 151. The van der Waals surface area contributed by atoms with E-state index in [-0.39, 0.29) is 5.60 Å². The molecule has 1 N–H and O–H groups in total. The van der Waals surface area contributed by atoms with Crippen LogP contribution in [0.25, 0.3) is 0 Å². The molecule has 2 nitrogen and oxygen atoms in total. The van der Waals surface area contributed by atoms with Crippen LogP contribution in [0.5, 0.6) is 0 Å². The van der Waals surface area contributed by atoms with Gasteiger partial charge in [0.05, 0.1) is 12.2 Å². The molecule has 0 bridgehead atoms. The Kier molecular flexibility index (Phi) is 2.89. The molecule has 1 atom stereocenters. The minimum absolute atomic E-state index is 0.211. The van der Waals surface area contributed by atoms with Gasteiger partial charge < -0.3 is 10.1 Å². The van der Waals surface area contributed by atoms with E-state index in [0.717, 1.165) is 13.2 Å². The van der Waals surface area contributed by atoms with E-state index in [4.69, 9.17) is 4.74 Å². The molecule has 1 aliphatic heterocycles. The number of hydrogen-bond donors (Lipinski definition) is 1. The molecular formula is C11H21NO. The summed E-state index contributed by atoms with van der Waals surface area (Å²) in [5, 5.41) is 3.55. The van der Waals surface area contributed by atoms with E-state index in [1.54, 1.807) is 0 Å². The lowest BCUT2D eigenvalue weighted by Crippen LogP contribution is -2.53. The van der Waals surface area contributed by atoms with Gasteiger partial charge in [-0.3, -0.25) is 0 Å². The number of morpholine rings is 1. The van der Waals surface area contributed by atoms with Crippen LogP contribution in [-0.2, 0) is 4.74 Å². The monoisotopic (exact) mass is 183 g/mol. The van der Waals surface area contributed by atoms with Crippen molar-refractivity contribution < 1.29 is 4.74 Å². The molecule has 0 aromatic rings. The molecule has 1 heterocycles. The smallest absolute Gasteiger partial charge is 0.0807 e. The summed E-state index contributed by atoms with van der Waals surface area (Å²) in [5.74, 6) is 0. The SMILES string of the molecule is CC1COC2(CCCCCC2)CN1. The fraction of sp³-hybridized carbons (Fsp3) is 1.00. The van der Waals surface area contributed by atoms with E-state index >= 15 is 0 Å². The van der Waals surface area contributed by atoms with Gasteiger partial charge in [-0.15, -0.1) is 0 Å². The molecular weight excluding hydrogens is 162 g/mol. The Labute approximate surface area is 81.0 Å². The number of ether oxygens (including phenoxy) is 1. The second-order valence-corrected chi connectivity index (χ2v) is 4.69. The highest BCUT2D eigenvalue weighted by Crippen LogP contribution is 2.31. The van der Waals surface area contributed by atoms with Crippen LogP contribution in [0, 0.1) is 0 Å². The van der Waals surface area contributed by atoms with Gasteiger partial charge in [0.2, 0.25) is 0 Å². The summed E-state index contributed by atoms with van der Waals surface area (Å²) in [6, 6.07) is 0.550. The Morgan fingerprint density at radius 2 is 1.85 bits per heavy atom. The number of hydrogen-bond acceptors (Lipinski definition) is 2. The standard InChI is InChI=1S/C11H21NO/c1-10-8-13-11(9-12-10)6-4-2-3-5-7-11/h10,12H,2-9H2,1H3. The van der Waals surface area contributed by atoms with E-state index in [1.165, 1.54) is 38.5 Å². The highest BCUT2D eigenvalue weighted by Gasteiger charge is 2.35. The van der Waals surface area contributed by atoms with E-state index in [1.807, 2.05) is 0 Å². The molecule has 2 rings (SSSR count). The summed E-state index contributed by atoms with van der Waals surface area (Å²) < 4.78 is 6.04. The molecule has 2 heteroatoms. The van der Waals surface area contributed by atoms with Crippen molar-refractivity contribution in [3.63, 3.8) is 0 Å².